The molecule has 2 aliphatic rings. The first-order chi connectivity index (χ1) is 11.3. The molecule has 1 aromatic rings. The molecular formula is C19H25NO4. The molecule has 3 rings (SSSR count). The van der Waals surface area contributed by atoms with Gasteiger partial charge in [0.15, 0.2) is 0 Å². The van der Waals surface area contributed by atoms with E-state index in [1.54, 1.807) is 0 Å². The van der Waals surface area contributed by atoms with E-state index in [1.807, 2.05) is 30.3 Å². The van der Waals surface area contributed by atoms with Crippen LogP contribution < -0.4 is 0 Å². The van der Waals surface area contributed by atoms with Gasteiger partial charge < -0.3 is 9.84 Å². The molecule has 1 N–H and O–H groups in total. The Hall–Kier alpha value is -2.04. The van der Waals surface area contributed by atoms with Gasteiger partial charge in [-0.2, -0.15) is 0 Å². The molecule has 5 nitrogen and oxygen atoms in total. The summed E-state index contributed by atoms with van der Waals surface area (Å²) in [4.78, 5) is 26.4. The highest BCUT2D eigenvalue weighted by Gasteiger charge is 2.58. The molecule has 0 aliphatic heterocycles. The van der Waals surface area contributed by atoms with Crippen molar-refractivity contribution in [1.29, 1.82) is 0 Å². The number of aliphatic carboxylic acids is 1. The predicted molar refractivity (Wildman–Crippen MR) is 89.5 cm³/mol. The lowest BCUT2D eigenvalue weighted by Gasteiger charge is -2.38. The zero-order chi connectivity index (χ0) is 17.4. The second kappa shape index (κ2) is 6.11. The lowest BCUT2D eigenvalue weighted by Crippen LogP contribution is -2.57. The molecule has 2 aliphatic carbocycles. The van der Waals surface area contributed by atoms with Crippen LogP contribution in [-0.4, -0.2) is 33.6 Å². The minimum Gasteiger partial charge on any atom is -0.479 e. The standard InChI is InChI=1S/C19H25NO4/c1-18(2)10-11-19(13-18,16(21)22)20(15-8-9-15)17(23)24-12-14-6-4-3-5-7-14/h3-7,15H,8-13H2,1-2H3,(H,21,22). The van der Waals surface area contributed by atoms with Gasteiger partial charge in [0.1, 0.15) is 12.1 Å². The van der Waals surface area contributed by atoms with Crippen molar-refractivity contribution < 1.29 is 19.4 Å². The fourth-order valence-electron chi connectivity index (χ4n) is 3.80. The van der Waals surface area contributed by atoms with Crippen LogP contribution >= 0.6 is 0 Å². The van der Waals surface area contributed by atoms with Crippen molar-refractivity contribution in [3.05, 3.63) is 35.9 Å². The number of carbonyl (C=O) groups excluding carboxylic acids is 1. The zero-order valence-electron chi connectivity index (χ0n) is 14.3. The van der Waals surface area contributed by atoms with Crippen LogP contribution in [0.15, 0.2) is 30.3 Å². The summed E-state index contributed by atoms with van der Waals surface area (Å²) in [6.45, 7) is 4.30. The average molecular weight is 331 g/mol. The maximum atomic E-state index is 12.7. The summed E-state index contributed by atoms with van der Waals surface area (Å²) in [5.74, 6) is -0.906. The smallest absolute Gasteiger partial charge is 0.411 e. The Balaban J connectivity index is 1.78. The maximum absolute atomic E-state index is 12.7. The van der Waals surface area contributed by atoms with Crippen LogP contribution in [0, 0.1) is 5.41 Å². The van der Waals surface area contributed by atoms with Crippen molar-refractivity contribution in [2.45, 2.75) is 64.1 Å². The van der Waals surface area contributed by atoms with Crippen LogP contribution in [0.2, 0.25) is 0 Å². The van der Waals surface area contributed by atoms with E-state index < -0.39 is 17.6 Å². The summed E-state index contributed by atoms with van der Waals surface area (Å²) in [6, 6.07) is 9.46. The Morgan fingerprint density at radius 2 is 1.88 bits per heavy atom. The van der Waals surface area contributed by atoms with Crippen LogP contribution in [0.25, 0.3) is 0 Å². The highest BCUT2D eigenvalue weighted by Crippen LogP contribution is 2.50. The molecule has 1 atom stereocenters. The van der Waals surface area contributed by atoms with E-state index in [0.29, 0.717) is 12.8 Å². The van der Waals surface area contributed by atoms with Crippen LogP contribution in [0.1, 0.15) is 51.5 Å². The molecule has 1 aromatic carbocycles. The molecule has 2 fully saturated rings. The Kier molecular flexibility index (Phi) is 4.28. The summed E-state index contributed by atoms with van der Waals surface area (Å²) in [6.07, 6.45) is 2.99. The Morgan fingerprint density at radius 1 is 1.21 bits per heavy atom. The molecule has 0 aromatic heterocycles. The van der Waals surface area contributed by atoms with E-state index in [-0.39, 0.29) is 18.1 Å². The van der Waals surface area contributed by atoms with Crippen LogP contribution in [0.3, 0.4) is 0 Å². The molecule has 5 heteroatoms. The molecule has 0 heterocycles. The van der Waals surface area contributed by atoms with Crippen molar-refractivity contribution in [1.82, 2.24) is 4.90 Å². The normalized spacial score (nSPS) is 25.2. The molecule has 1 unspecified atom stereocenters. The highest BCUT2D eigenvalue weighted by molar-refractivity contribution is 5.85. The highest BCUT2D eigenvalue weighted by atomic mass is 16.6. The molecular weight excluding hydrogens is 306 g/mol. The number of benzene rings is 1. The van der Waals surface area contributed by atoms with Gasteiger partial charge in [0.05, 0.1) is 0 Å². The number of hydrogen-bond acceptors (Lipinski definition) is 3. The number of rotatable bonds is 5. The molecule has 24 heavy (non-hydrogen) atoms. The average Bonchev–Trinajstić information content (AvgIpc) is 3.30. The molecule has 0 spiro atoms. The fourth-order valence-corrected chi connectivity index (χ4v) is 3.80. The lowest BCUT2D eigenvalue weighted by atomic mass is 9.86. The number of carboxylic acids is 1. The zero-order valence-corrected chi connectivity index (χ0v) is 14.3. The first-order valence-electron chi connectivity index (χ1n) is 8.58. The first-order valence-corrected chi connectivity index (χ1v) is 8.58. The van der Waals surface area contributed by atoms with Gasteiger partial charge in [0.25, 0.3) is 0 Å². The molecule has 130 valence electrons. The predicted octanol–water partition coefficient (Wildman–Crippen LogP) is 3.82. The van der Waals surface area contributed by atoms with Gasteiger partial charge in [-0.05, 0) is 43.1 Å². The van der Waals surface area contributed by atoms with Crippen molar-refractivity contribution >= 4 is 12.1 Å². The SMILES string of the molecule is CC1(C)CCC(C(=O)O)(N(C(=O)OCc2ccccc2)C2CC2)C1. The van der Waals surface area contributed by atoms with E-state index in [9.17, 15) is 14.7 Å². The maximum Gasteiger partial charge on any atom is 0.411 e. The number of carbonyl (C=O) groups is 2. The first kappa shape index (κ1) is 16.8. The van der Waals surface area contributed by atoms with Crippen molar-refractivity contribution in [3.63, 3.8) is 0 Å². The Bertz CT molecular complexity index is 624. The molecule has 0 bridgehead atoms. The van der Waals surface area contributed by atoms with Gasteiger partial charge in [-0.15, -0.1) is 0 Å². The second-order valence-electron chi connectivity index (χ2n) is 7.82. The third kappa shape index (κ3) is 3.25. The van der Waals surface area contributed by atoms with Gasteiger partial charge in [-0.25, -0.2) is 9.59 Å². The number of ether oxygens (including phenoxy) is 1. The van der Waals surface area contributed by atoms with Gasteiger partial charge in [-0.1, -0.05) is 44.2 Å². The van der Waals surface area contributed by atoms with E-state index >= 15 is 0 Å². The Labute approximate surface area is 142 Å². The van der Waals surface area contributed by atoms with Crippen molar-refractivity contribution in [2.24, 2.45) is 5.41 Å². The number of nitrogens with zero attached hydrogens (tertiary/aromatic N) is 1. The van der Waals surface area contributed by atoms with Gasteiger partial charge in [0, 0.05) is 6.04 Å². The topological polar surface area (TPSA) is 66.8 Å². The second-order valence-corrected chi connectivity index (χ2v) is 7.82. The fraction of sp³-hybridized carbons (Fsp3) is 0.579. The molecule has 0 radical (unpaired) electrons. The van der Waals surface area contributed by atoms with Crippen LogP contribution in [0.5, 0.6) is 0 Å². The summed E-state index contributed by atoms with van der Waals surface area (Å²) < 4.78 is 5.47. The van der Waals surface area contributed by atoms with E-state index in [2.05, 4.69) is 13.8 Å². The lowest BCUT2D eigenvalue weighted by molar-refractivity contribution is -0.151. The third-order valence-electron chi connectivity index (χ3n) is 5.16. The van der Waals surface area contributed by atoms with Crippen LogP contribution in [0.4, 0.5) is 4.79 Å². The van der Waals surface area contributed by atoms with Gasteiger partial charge in [0.2, 0.25) is 0 Å². The summed E-state index contributed by atoms with van der Waals surface area (Å²) in [5, 5.41) is 9.93. The largest absolute Gasteiger partial charge is 0.479 e. The number of amides is 1. The quantitative estimate of drug-likeness (QED) is 0.890. The van der Waals surface area contributed by atoms with Crippen molar-refractivity contribution in [2.75, 3.05) is 0 Å². The molecule has 1 amide bonds. The van der Waals surface area contributed by atoms with Gasteiger partial charge >= 0.3 is 12.1 Å². The van der Waals surface area contributed by atoms with E-state index in [1.165, 1.54) is 4.90 Å². The van der Waals surface area contributed by atoms with E-state index in [0.717, 1.165) is 24.8 Å². The van der Waals surface area contributed by atoms with Crippen LogP contribution in [-0.2, 0) is 16.1 Å². The number of hydrogen-bond donors (Lipinski definition) is 1. The van der Waals surface area contributed by atoms with Gasteiger partial charge in [-0.3, -0.25) is 4.90 Å². The summed E-state index contributed by atoms with van der Waals surface area (Å²) >= 11 is 0. The minimum absolute atomic E-state index is 0.00160. The monoisotopic (exact) mass is 331 g/mol. The molecule has 2 saturated carbocycles. The number of carboxylic acid groups (broad SMARTS) is 1. The van der Waals surface area contributed by atoms with Crippen molar-refractivity contribution in [3.8, 4) is 0 Å². The Morgan fingerprint density at radius 3 is 2.38 bits per heavy atom. The third-order valence-corrected chi connectivity index (χ3v) is 5.16. The summed E-state index contributed by atoms with van der Waals surface area (Å²) in [5.41, 5.74) is -0.304. The molecule has 0 saturated heterocycles. The minimum atomic E-state index is -1.13. The summed E-state index contributed by atoms with van der Waals surface area (Å²) in [7, 11) is 0. The van der Waals surface area contributed by atoms with E-state index in [4.69, 9.17) is 4.74 Å².